The molecule has 176 valence electrons. The standard InChI is InChI=1S/C26H33N3O2S2/c1-4-33(30,31)29-10-8-20(9-11-29)25-16-28-26-23(18(3)27)14-22(15-24(25)26)21-7-5-6-19(13-21)12-17(2)32/h5-7,13-17,20,28,32H,3-4,8-12,27H2,1-2H3. The van der Waals surface area contributed by atoms with Crippen molar-refractivity contribution in [2.24, 2.45) is 5.73 Å². The Morgan fingerprint density at radius 1 is 1.24 bits per heavy atom. The van der Waals surface area contributed by atoms with Gasteiger partial charge < -0.3 is 10.7 Å². The zero-order chi connectivity index (χ0) is 23.8. The molecule has 0 bridgehead atoms. The van der Waals surface area contributed by atoms with Crippen molar-refractivity contribution in [3.05, 3.63) is 65.9 Å². The molecule has 1 aliphatic heterocycles. The molecule has 2 heterocycles. The van der Waals surface area contributed by atoms with Gasteiger partial charge in [0, 0.05) is 41.2 Å². The number of thiol groups is 1. The number of hydrogen-bond donors (Lipinski definition) is 3. The van der Waals surface area contributed by atoms with Crippen LogP contribution in [0, 0.1) is 0 Å². The number of piperidine rings is 1. The molecule has 1 unspecified atom stereocenters. The molecule has 1 aromatic heterocycles. The molecular formula is C26H33N3O2S2. The van der Waals surface area contributed by atoms with E-state index in [4.69, 9.17) is 5.73 Å². The van der Waals surface area contributed by atoms with E-state index in [1.165, 1.54) is 11.1 Å². The van der Waals surface area contributed by atoms with Gasteiger partial charge in [-0.2, -0.15) is 12.6 Å². The van der Waals surface area contributed by atoms with Crippen LogP contribution in [-0.4, -0.2) is 41.8 Å². The van der Waals surface area contributed by atoms with E-state index in [9.17, 15) is 8.42 Å². The Morgan fingerprint density at radius 2 is 1.97 bits per heavy atom. The van der Waals surface area contributed by atoms with Gasteiger partial charge in [0.25, 0.3) is 0 Å². The molecule has 7 heteroatoms. The molecule has 3 aromatic rings. The zero-order valence-corrected chi connectivity index (χ0v) is 21.1. The highest BCUT2D eigenvalue weighted by molar-refractivity contribution is 7.89. The van der Waals surface area contributed by atoms with E-state index in [1.807, 2.05) is 0 Å². The number of nitrogens with two attached hydrogens (primary N) is 1. The van der Waals surface area contributed by atoms with E-state index in [0.29, 0.717) is 30.0 Å². The van der Waals surface area contributed by atoms with Crippen LogP contribution in [-0.2, 0) is 16.4 Å². The molecule has 0 spiro atoms. The number of aromatic amines is 1. The Kier molecular flexibility index (Phi) is 6.93. The van der Waals surface area contributed by atoms with Crippen molar-refractivity contribution in [1.82, 2.24) is 9.29 Å². The molecule has 0 aliphatic carbocycles. The van der Waals surface area contributed by atoms with Crippen LogP contribution in [0.2, 0.25) is 0 Å². The monoisotopic (exact) mass is 483 g/mol. The average molecular weight is 484 g/mol. The Hall–Kier alpha value is -2.22. The molecule has 4 rings (SSSR count). The van der Waals surface area contributed by atoms with Crippen LogP contribution in [0.15, 0.2) is 49.2 Å². The summed E-state index contributed by atoms with van der Waals surface area (Å²) >= 11 is 4.54. The lowest BCUT2D eigenvalue weighted by molar-refractivity contribution is 0.321. The largest absolute Gasteiger partial charge is 0.399 e. The minimum atomic E-state index is -3.14. The van der Waals surface area contributed by atoms with Gasteiger partial charge in [0.15, 0.2) is 0 Å². The van der Waals surface area contributed by atoms with Gasteiger partial charge in [-0.15, -0.1) is 0 Å². The number of benzene rings is 2. The Morgan fingerprint density at radius 3 is 2.61 bits per heavy atom. The summed E-state index contributed by atoms with van der Waals surface area (Å²) in [5.41, 5.74) is 13.3. The van der Waals surface area contributed by atoms with Gasteiger partial charge in [-0.1, -0.05) is 37.8 Å². The minimum absolute atomic E-state index is 0.154. The van der Waals surface area contributed by atoms with Crippen molar-refractivity contribution in [2.45, 2.75) is 44.3 Å². The van der Waals surface area contributed by atoms with Crippen LogP contribution in [0.4, 0.5) is 0 Å². The Labute approximate surface area is 202 Å². The number of nitrogens with zero attached hydrogens (tertiary/aromatic N) is 1. The molecule has 1 atom stereocenters. The minimum Gasteiger partial charge on any atom is -0.399 e. The predicted octanol–water partition coefficient (Wildman–Crippen LogP) is 5.15. The summed E-state index contributed by atoms with van der Waals surface area (Å²) in [7, 11) is -3.14. The van der Waals surface area contributed by atoms with Gasteiger partial charge in [0.1, 0.15) is 0 Å². The highest BCUT2D eigenvalue weighted by Gasteiger charge is 2.29. The first-order valence-electron chi connectivity index (χ1n) is 11.5. The van der Waals surface area contributed by atoms with Gasteiger partial charge in [0.2, 0.25) is 10.0 Å². The predicted molar refractivity (Wildman–Crippen MR) is 142 cm³/mol. The summed E-state index contributed by atoms with van der Waals surface area (Å²) < 4.78 is 26.2. The van der Waals surface area contributed by atoms with E-state index in [-0.39, 0.29) is 5.75 Å². The molecule has 3 N–H and O–H groups in total. The van der Waals surface area contributed by atoms with Crippen LogP contribution >= 0.6 is 12.6 Å². The van der Waals surface area contributed by atoms with Crippen molar-refractivity contribution < 1.29 is 8.42 Å². The SMILES string of the molecule is C=C(N)c1cc(-c2cccc(CC(C)S)c2)cc2c(C3CCN(S(=O)(=O)CC)CC3)c[nH]c12. The summed E-state index contributed by atoms with van der Waals surface area (Å²) in [5.74, 6) is 0.453. The van der Waals surface area contributed by atoms with E-state index < -0.39 is 10.0 Å². The van der Waals surface area contributed by atoms with Gasteiger partial charge in [-0.05, 0) is 66.5 Å². The molecule has 1 aliphatic rings. The Bertz CT molecular complexity index is 1270. The van der Waals surface area contributed by atoms with Crippen LogP contribution in [0.1, 0.15) is 49.3 Å². The van der Waals surface area contributed by atoms with E-state index >= 15 is 0 Å². The van der Waals surface area contributed by atoms with Crippen molar-refractivity contribution in [2.75, 3.05) is 18.8 Å². The Balaban J connectivity index is 1.73. The first kappa shape index (κ1) is 23.9. The average Bonchev–Trinajstić information content (AvgIpc) is 3.22. The fourth-order valence-electron chi connectivity index (χ4n) is 4.86. The maximum atomic E-state index is 12.3. The van der Waals surface area contributed by atoms with E-state index in [0.717, 1.165) is 46.9 Å². The molecule has 0 saturated carbocycles. The van der Waals surface area contributed by atoms with Gasteiger partial charge in [0.05, 0.1) is 11.3 Å². The van der Waals surface area contributed by atoms with Gasteiger partial charge in [-0.3, -0.25) is 0 Å². The fraction of sp³-hybridized carbons (Fsp3) is 0.385. The second-order valence-electron chi connectivity index (χ2n) is 9.04. The summed E-state index contributed by atoms with van der Waals surface area (Å²) in [4.78, 5) is 3.42. The quantitative estimate of drug-likeness (QED) is 0.407. The number of nitrogens with one attached hydrogen (secondary N) is 1. The number of rotatable bonds is 7. The summed E-state index contributed by atoms with van der Waals surface area (Å²) in [6, 6.07) is 12.9. The van der Waals surface area contributed by atoms with Crippen molar-refractivity contribution in [3.8, 4) is 11.1 Å². The first-order chi connectivity index (χ1) is 15.7. The maximum absolute atomic E-state index is 12.3. The van der Waals surface area contributed by atoms with Gasteiger partial charge >= 0.3 is 0 Å². The molecule has 1 fully saturated rings. The molecule has 0 amide bonds. The number of aromatic nitrogens is 1. The third-order valence-corrected chi connectivity index (χ3v) is 8.67. The van der Waals surface area contributed by atoms with Crippen molar-refractivity contribution in [1.29, 1.82) is 0 Å². The topological polar surface area (TPSA) is 79.2 Å². The second kappa shape index (κ2) is 9.57. The lowest BCUT2D eigenvalue weighted by atomic mass is 9.88. The van der Waals surface area contributed by atoms with Crippen molar-refractivity contribution >= 4 is 39.3 Å². The van der Waals surface area contributed by atoms with Crippen LogP contribution in [0.3, 0.4) is 0 Å². The van der Waals surface area contributed by atoms with Crippen molar-refractivity contribution in [3.63, 3.8) is 0 Å². The summed E-state index contributed by atoms with van der Waals surface area (Å²) in [5, 5.41) is 1.43. The molecule has 5 nitrogen and oxygen atoms in total. The third kappa shape index (κ3) is 5.00. The fourth-order valence-corrected chi connectivity index (χ4v) is 6.20. The van der Waals surface area contributed by atoms with Crippen LogP contribution < -0.4 is 5.73 Å². The summed E-state index contributed by atoms with van der Waals surface area (Å²) in [6.45, 7) is 8.94. The normalized spacial score (nSPS) is 16.8. The molecular weight excluding hydrogens is 450 g/mol. The highest BCUT2D eigenvalue weighted by Crippen LogP contribution is 2.38. The third-order valence-electron chi connectivity index (χ3n) is 6.61. The molecule has 0 radical (unpaired) electrons. The first-order valence-corrected chi connectivity index (χ1v) is 13.7. The number of fused-ring (bicyclic) bond motifs is 1. The van der Waals surface area contributed by atoms with E-state index in [1.54, 1.807) is 11.2 Å². The highest BCUT2D eigenvalue weighted by atomic mass is 32.2. The zero-order valence-electron chi connectivity index (χ0n) is 19.3. The van der Waals surface area contributed by atoms with Crippen LogP contribution in [0.25, 0.3) is 27.7 Å². The number of hydrogen-bond acceptors (Lipinski definition) is 4. The second-order valence-corrected chi connectivity index (χ2v) is 12.2. The van der Waals surface area contributed by atoms with Gasteiger partial charge in [-0.25, -0.2) is 12.7 Å². The maximum Gasteiger partial charge on any atom is 0.213 e. The lowest BCUT2D eigenvalue weighted by Gasteiger charge is -2.31. The number of sulfonamides is 1. The van der Waals surface area contributed by atoms with Crippen LogP contribution in [0.5, 0.6) is 0 Å². The smallest absolute Gasteiger partial charge is 0.213 e. The molecule has 2 aromatic carbocycles. The summed E-state index contributed by atoms with van der Waals surface area (Å²) in [6.07, 6.45) is 4.59. The number of H-pyrrole nitrogens is 1. The lowest BCUT2D eigenvalue weighted by Crippen LogP contribution is -2.38. The molecule has 33 heavy (non-hydrogen) atoms. The molecule has 1 saturated heterocycles. The van der Waals surface area contributed by atoms with E-state index in [2.05, 4.69) is 73.7 Å².